The first-order chi connectivity index (χ1) is 8.81. The Morgan fingerprint density at radius 2 is 1.89 bits per heavy atom. The highest BCUT2D eigenvalue weighted by atomic mass is 15.1. The van der Waals surface area contributed by atoms with Crippen molar-refractivity contribution < 1.29 is 0 Å². The molecule has 2 N–H and O–H groups in total. The van der Waals surface area contributed by atoms with Crippen molar-refractivity contribution in [2.45, 2.75) is 19.5 Å². The molecule has 0 bridgehead atoms. The third-order valence-electron chi connectivity index (χ3n) is 3.42. The van der Waals surface area contributed by atoms with E-state index in [9.17, 15) is 0 Å². The van der Waals surface area contributed by atoms with Gasteiger partial charge in [-0.1, -0.05) is 30.3 Å². The summed E-state index contributed by atoms with van der Waals surface area (Å²) in [6.45, 7) is 2.97. The third kappa shape index (κ3) is 2.36. The Morgan fingerprint density at radius 3 is 2.72 bits per heavy atom. The number of aromatic nitrogens is 1. The van der Waals surface area contributed by atoms with Crippen LogP contribution in [0.15, 0.2) is 42.5 Å². The van der Waals surface area contributed by atoms with Gasteiger partial charge in [0.25, 0.3) is 0 Å². The van der Waals surface area contributed by atoms with Crippen LogP contribution in [0.25, 0.3) is 0 Å². The van der Waals surface area contributed by atoms with Gasteiger partial charge >= 0.3 is 0 Å². The van der Waals surface area contributed by atoms with Crippen LogP contribution < -0.4 is 5.73 Å². The summed E-state index contributed by atoms with van der Waals surface area (Å²) in [6.07, 6.45) is 1.12. The molecular formula is C15H17N3. The van der Waals surface area contributed by atoms with E-state index in [1.165, 1.54) is 11.1 Å². The number of hydrogen-bond donors (Lipinski definition) is 1. The van der Waals surface area contributed by atoms with Crippen LogP contribution >= 0.6 is 0 Å². The van der Waals surface area contributed by atoms with E-state index >= 15 is 0 Å². The predicted molar refractivity (Wildman–Crippen MR) is 72.9 cm³/mol. The number of pyridine rings is 1. The number of rotatable bonds is 2. The highest BCUT2D eigenvalue weighted by Crippen LogP contribution is 2.19. The van der Waals surface area contributed by atoms with Gasteiger partial charge in [0, 0.05) is 19.6 Å². The molecule has 2 aromatic rings. The van der Waals surface area contributed by atoms with Crippen molar-refractivity contribution >= 4 is 5.82 Å². The van der Waals surface area contributed by atoms with Crippen molar-refractivity contribution in [1.29, 1.82) is 0 Å². The third-order valence-corrected chi connectivity index (χ3v) is 3.42. The molecule has 1 aromatic carbocycles. The van der Waals surface area contributed by atoms with Crippen LogP contribution in [-0.4, -0.2) is 16.4 Å². The van der Waals surface area contributed by atoms with E-state index in [1.54, 1.807) is 0 Å². The molecule has 1 aliphatic rings. The second-order valence-electron chi connectivity index (χ2n) is 4.78. The van der Waals surface area contributed by atoms with Gasteiger partial charge in [0.05, 0.1) is 5.69 Å². The van der Waals surface area contributed by atoms with Crippen molar-refractivity contribution in [3.63, 3.8) is 0 Å². The van der Waals surface area contributed by atoms with E-state index < -0.39 is 0 Å². The van der Waals surface area contributed by atoms with E-state index in [2.05, 4.69) is 34.1 Å². The molecule has 0 amide bonds. The van der Waals surface area contributed by atoms with E-state index in [4.69, 9.17) is 5.73 Å². The lowest BCUT2D eigenvalue weighted by Crippen LogP contribution is -2.30. The maximum absolute atomic E-state index is 5.71. The van der Waals surface area contributed by atoms with Crippen LogP contribution in [0.3, 0.4) is 0 Å². The fourth-order valence-corrected chi connectivity index (χ4v) is 2.50. The van der Waals surface area contributed by atoms with Crippen molar-refractivity contribution in [1.82, 2.24) is 9.88 Å². The molecule has 1 aromatic heterocycles. The summed E-state index contributed by atoms with van der Waals surface area (Å²) < 4.78 is 0. The van der Waals surface area contributed by atoms with Crippen LogP contribution in [0, 0.1) is 0 Å². The number of anilines is 1. The van der Waals surface area contributed by atoms with Gasteiger partial charge in [0.1, 0.15) is 5.82 Å². The summed E-state index contributed by atoms with van der Waals surface area (Å²) in [4.78, 5) is 6.78. The smallest absolute Gasteiger partial charge is 0.123 e. The maximum Gasteiger partial charge on any atom is 0.123 e. The lowest BCUT2D eigenvalue weighted by molar-refractivity contribution is 0.243. The SMILES string of the molecule is Nc1cccc(CN2CCc3ccccc3C2)n1. The predicted octanol–water partition coefficient (Wildman–Crippen LogP) is 2.22. The van der Waals surface area contributed by atoms with Gasteiger partial charge in [-0.05, 0) is 29.7 Å². The van der Waals surface area contributed by atoms with E-state index in [0.29, 0.717) is 5.82 Å². The maximum atomic E-state index is 5.71. The first kappa shape index (κ1) is 11.2. The second-order valence-corrected chi connectivity index (χ2v) is 4.78. The average molecular weight is 239 g/mol. The number of nitrogens with zero attached hydrogens (tertiary/aromatic N) is 2. The number of benzene rings is 1. The van der Waals surface area contributed by atoms with Crippen molar-refractivity contribution in [3.05, 3.63) is 59.3 Å². The van der Waals surface area contributed by atoms with Gasteiger partial charge in [-0.15, -0.1) is 0 Å². The fourth-order valence-electron chi connectivity index (χ4n) is 2.50. The molecule has 1 aliphatic heterocycles. The average Bonchev–Trinajstić information content (AvgIpc) is 2.39. The van der Waals surface area contributed by atoms with Gasteiger partial charge in [0.15, 0.2) is 0 Å². The van der Waals surface area contributed by atoms with Crippen molar-refractivity contribution in [2.75, 3.05) is 12.3 Å². The van der Waals surface area contributed by atoms with Gasteiger partial charge in [-0.2, -0.15) is 0 Å². The highest BCUT2D eigenvalue weighted by Gasteiger charge is 2.15. The zero-order valence-electron chi connectivity index (χ0n) is 10.3. The molecule has 0 saturated heterocycles. The topological polar surface area (TPSA) is 42.1 Å². The monoisotopic (exact) mass is 239 g/mol. The summed E-state index contributed by atoms with van der Waals surface area (Å²) in [5.41, 5.74) is 9.68. The Bertz CT molecular complexity index is 551. The van der Waals surface area contributed by atoms with E-state index in [-0.39, 0.29) is 0 Å². The molecule has 0 atom stereocenters. The van der Waals surface area contributed by atoms with Crippen molar-refractivity contribution in [3.8, 4) is 0 Å². The normalized spacial score (nSPS) is 15.3. The summed E-state index contributed by atoms with van der Waals surface area (Å²) >= 11 is 0. The minimum atomic E-state index is 0.602. The number of hydrogen-bond acceptors (Lipinski definition) is 3. The molecule has 0 unspecified atom stereocenters. The first-order valence-corrected chi connectivity index (χ1v) is 6.32. The van der Waals surface area contributed by atoms with E-state index in [0.717, 1.165) is 31.7 Å². The van der Waals surface area contributed by atoms with Crippen LogP contribution in [0.5, 0.6) is 0 Å². The fraction of sp³-hybridized carbons (Fsp3) is 0.267. The minimum absolute atomic E-state index is 0.602. The molecule has 0 saturated carbocycles. The molecule has 92 valence electrons. The Balaban J connectivity index is 1.73. The van der Waals surface area contributed by atoms with Crippen LogP contribution in [0.2, 0.25) is 0 Å². The summed E-state index contributed by atoms with van der Waals surface area (Å²) in [5.74, 6) is 0.602. The number of nitrogens with two attached hydrogens (primary N) is 1. The largest absolute Gasteiger partial charge is 0.384 e. The Morgan fingerprint density at radius 1 is 1.06 bits per heavy atom. The molecule has 3 heteroatoms. The summed E-state index contributed by atoms with van der Waals surface area (Å²) in [5, 5.41) is 0. The molecule has 0 radical (unpaired) electrons. The van der Waals surface area contributed by atoms with Crippen LogP contribution in [0.1, 0.15) is 16.8 Å². The van der Waals surface area contributed by atoms with Gasteiger partial charge in [0.2, 0.25) is 0 Å². The Kier molecular flexibility index (Phi) is 2.99. The summed E-state index contributed by atoms with van der Waals surface area (Å²) in [7, 11) is 0. The molecule has 2 heterocycles. The van der Waals surface area contributed by atoms with Crippen LogP contribution in [0.4, 0.5) is 5.82 Å². The molecule has 3 rings (SSSR count). The number of nitrogen functional groups attached to an aromatic ring is 1. The Labute approximate surface area is 107 Å². The molecule has 3 nitrogen and oxygen atoms in total. The number of fused-ring (bicyclic) bond motifs is 1. The summed E-state index contributed by atoms with van der Waals surface area (Å²) in [6, 6.07) is 14.5. The lowest BCUT2D eigenvalue weighted by Gasteiger charge is -2.28. The quantitative estimate of drug-likeness (QED) is 0.873. The molecule has 0 spiro atoms. The molecule has 18 heavy (non-hydrogen) atoms. The molecule has 0 fully saturated rings. The zero-order valence-corrected chi connectivity index (χ0v) is 10.3. The Hall–Kier alpha value is -1.87. The van der Waals surface area contributed by atoms with Gasteiger partial charge in [-0.3, -0.25) is 4.90 Å². The lowest BCUT2D eigenvalue weighted by atomic mass is 10.00. The van der Waals surface area contributed by atoms with Gasteiger partial charge in [-0.25, -0.2) is 4.98 Å². The zero-order chi connectivity index (χ0) is 12.4. The highest BCUT2D eigenvalue weighted by molar-refractivity contribution is 5.30. The van der Waals surface area contributed by atoms with Gasteiger partial charge < -0.3 is 5.73 Å². The first-order valence-electron chi connectivity index (χ1n) is 6.32. The molecular weight excluding hydrogens is 222 g/mol. The second kappa shape index (κ2) is 4.78. The standard InChI is InChI=1S/C15H17N3/c16-15-7-3-6-14(17-15)11-18-9-8-12-4-1-2-5-13(12)10-18/h1-7H,8-11H2,(H2,16,17). The van der Waals surface area contributed by atoms with E-state index in [1.807, 2.05) is 18.2 Å². The minimum Gasteiger partial charge on any atom is -0.384 e. The van der Waals surface area contributed by atoms with Crippen LogP contribution in [-0.2, 0) is 19.5 Å². The van der Waals surface area contributed by atoms with Crippen molar-refractivity contribution in [2.24, 2.45) is 0 Å². The molecule has 0 aliphatic carbocycles.